The Labute approximate surface area is 141 Å². The Morgan fingerprint density at radius 1 is 1.22 bits per heavy atom. The Balaban J connectivity index is 2.35. The largest absolute Gasteiger partial charge is 0.481 e. The number of rotatable bonds is 9. The summed E-state index contributed by atoms with van der Waals surface area (Å²) < 4.78 is 5.28. The van der Waals surface area contributed by atoms with Gasteiger partial charge in [0.05, 0.1) is 0 Å². The normalized spacial score (nSPS) is 12.9. The molecular formula is C17H27NO4S. The van der Waals surface area contributed by atoms with Crippen molar-refractivity contribution in [3.8, 4) is 0 Å². The molecule has 1 aromatic heterocycles. The third-order valence-corrected chi connectivity index (χ3v) is 4.33. The van der Waals surface area contributed by atoms with Crippen LogP contribution in [0.3, 0.4) is 0 Å². The van der Waals surface area contributed by atoms with Crippen LogP contribution in [0.1, 0.15) is 56.2 Å². The van der Waals surface area contributed by atoms with Crippen molar-refractivity contribution in [2.24, 2.45) is 5.73 Å². The Morgan fingerprint density at radius 3 is 2.48 bits per heavy atom. The summed E-state index contributed by atoms with van der Waals surface area (Å²) in [6.45, 7) is 5.47. The molecule has 6 heteroatoms. The monoisotopic (exact) mass is 341 g/mol. The Kier molecular flexibility index (Phi) is 7.72. The number of carbonyl (C=O) groups excluding carboxylic acids is 1. The number of unbranched alkanes of at least 4 members (excludes halogenated alkanes) is 2. The van der Waals surface area contributed by atoms with E-state index < -0.39 is 17.6 Å². The predicted molar refractivity (Wildman–Crippen MR) is 91.7 cm³/mol. The highest BCUT2D eigenvalue weighted by molar-refractivity contribution is 7.12. The maximum Gasteiger partial charge on any atom is 0.323 e. The molecule has 0 fully saturated rings. The summed E-state index contributed by atoms with van der Waals surface area (Å²) in [7, 11) is 0. The summed E-state index contributed by atoms with van der Waals surface area (Å²) in [6.07, 6.45) is 4.27. The van der Waals surface area contributed by atoms with Crippen LogP contribution in [0.2, 0.25) is 0 Å². The average Bonchev–Trinajstić information content (AvgIpc) is 2.83. The van der Waals surface area contributed by atoms with E-state index in [0.717, 1.165) is 30.6 Å². The Hall–Kier alpha value is -1.40. The summed E-state index contributed by atoms with van der Waals surface area (Å²) in [5.41, 5.74) is 5.39. The van der Waals surface area contributed by atoms with Crippen molar-refractivity contribution in [2.75, 3.05) is 0 Å². The highest BCUT2D eigenvalue weighted by atomic mass is 32.1. The molecule has 0 spiro atoms. The third-order valence-electron chi connectivity index (χ3n) is 3.16. The molecule has 1 heterocycles. The summed E-state index contributed by atoms with van der Waals surface area (Å²) in [6, 6.07) is 3.41. The molecule has 0 aliphatic rings. The first-order chi connectivity index (χ1) is 10.7. The van der Waals surface area contributed by atoms with Crippen LogP contribution < -0.4 is 5.73 Å². The standard InChI is InChI=1S/C17H27NO4S/c1-17(2,3)22-16(21)14(18)11-13-10-9-12(23-13)7-5-4-6-8-15(19)20/h9-10,14H,4-8,11,18H2,1-3H3,(H,19,20). The fourth-order valence-electron chi connectivity index (χ4n) is 2.10. The second kappa shape index (κ2) is 9.03. The zero-order valence-corrected chi connectivity index (χ0v) is 14.9. The van der Waals surface area contributed by atoms with Gasteiger partial charge in [0.2, 0.25) is 0 Å². The molecule has 0 aliphatic heterocycles. The molecule has 3 N–H and O–H groups in total. The van der Waals surface area contributed by atoms with E-state index in [1.54, 1.807) is 11.3 Å². The van der Waals surface area contributed by atoms with Crippen LogP contribution in [0.4, 0.5) is 0 Å². The van der Waals surface area contributed by atoms with Crippen molar-refractivity contribution in [2.45, 2.75) is 70.9 Å². The summed E-state index contributed by atoms with van der Waals surface area (Å²) >= 11 is 1.66. The molecular weight excluding hydrogens is 314 g/mol. The van der Waals surface area contributed by atoms with Gasteiger partial charge >= 0.3 is 11.9 Å². The minimum atomic E-state index is -0.737. The molecule has 0 bridgehead atoms. The van der Waals surface area contributed by atoms with E-state index in [4.69, 9.17) is 15.6 Å². The molecule has 5 nitrogen and oxygen atoms in total. The third kappa shape index (κ3) is 8.71. The van der Waals surface area contributed by atoms with Gasteiger partial charge in [-0.25, -0.2) is 0 Å². The van der Waals surface area contributed by atoms with E-state index in [-0.39, 0.29) is 12.4 Å². The van der Waals surface area contributed by atoms with E-state index in [0.29, 0.717) is 6.42 Å². The maximum atomic E-state index is 11.9. The Morgan fingerprint density at radius 2 is 1.87 bits per heavy atom. The molecule has 23 heavy (non-hydrogen) atoms. The number of hydrogen-bond donors (Lipinski definition) is 2. The van der Waals surface area contributed by atoms with Crippen molar-refractivity contribution < 1.29 is 19.4 Å². The molecule has 1 atom stereocenters. The van der Waals surface area contributed by atoms with Gasteiger partial charge in [0.1, 0.15) is 11.6 Å². The van der Waals surface area contributed by atoms with Gasteiger partial charge in [-0.05, 0) is 52.2 Å². The van der Waals surface area contributed by atoms with Crippen LogP contribution >= 0.6 is 11.3 Å². The molecule has 0 amide bonds. The van der Waals surface area contributed by atoms with Crippen molar-refractivity contribution in [3.63, 3.8) is 0 Å². The molecule has 0 radical (unpaired) electrons. The van der Waals surface area contributed by atoms with Crippen LogP contribution in [-0.4, -0.2) is 28.7 Å². The number of ether oxygens (including phenoxy) is 1. The number of aryl methyl sites for hydroxylation is 1. The molecule has 1 aromatic rings. The van der Waals surface area contributed by atoms with E-state index in [1.165, 1.54) is 4.88 Å². The van der Waals surface area contributed by atoms with Crippen LogP contribution in [0.5, 0.6) is 0 Å². The van der Waals surface area contributed by atoms with E-state index in [9.17, 15) is 9.59 Å². The summed E-state index contributed by atoms with van der Waals surface area (Å²) in [5.74, 6) is -1.11. The van der Waals surface area contributed by atoms with Crippen LogP contribution in [0, 0.1) is 0 Å². The van der Waals surface area contributed by atoms with Gasteiger partial charge in [-0.15, -0.1) is 11.3 Å². The lowest BCUT2D eigenvalue weighted by Crippen LogP contribution is -2.38. The van der Waals surface area contributed by atoms with Crippen molar-refractivity contribution in [1.29, 1.82) is 0 Å². The quantitative estimate of drug-likeness (QED) is 0.532. The Bertz CT molecular complexity index is 519. The number of carbonyl (C=O) groups is 2. The van der Waals surface area contributed by atoms with Crippen LogP contribution in [0.25, 0.3) is 0 Å². The van der Waals surface area contributed by atoms with Gasteiger partial charge < -0.3 is 15.6 Å². The van der Waals surface area contributed by atoms with Crippen molar-refractivity contribution in [3.05, 3.63) is 21.9 Å². The first-order valence-corrected chi connectivity index (χ1v) is 8.77. The van der Waals surface area contributed by atoms with Gasteiger partial charge in [-0.3, -0.25) is 9.59 Å². The van der Waals surface area contributed by atoms with Gasteiger partial charge in [0, 0.05) is 22.6 Å². The topological polar surface area (TPSA) is 89.6 Å². The van der Waals surface area contributed by atoms with Crippen molar-refractivity contribution in [1.82, 2.24) is 0 Å². The zero-order chi connectivity index (χ0) is 17.5. The molecule has 0 saturated heterocycles. The molecule has 0 saturated carbocycles. The summed E-state index contributed by atoms with van der Waals surface area (Å²) in [4.78, 5) is 24.6. The zero-order valence-electron chi connectivity index (χ0n) is 14.1. The van der Waals surface area contributed by atoms with Crippen molar-refractivity contribution >= 4 is 23.3 Å². The number of esters is 1. The van der Waals surface area contributed by atoms with Crippen LogP contribution in [0.15, 0.2) is 12.1 Å². The molecule has 1 rings (SSSR count). The van der Waals surface area contributed by atoms with E-state index in [1.807, 2.05) is 26.8 Å². The smallest absolute Gasteiger partial charge is 0.323 e. The lowest BCUT2D eigenvalue weighted by Gasteiger charge is -2.21. The molecule has 130 valence electrons. The van der Waals surface area contributed by atoms with Gasteiger partial charge in [-0.1, -0.05) is 6.42 Å². The second-order valence-electron chi connectivity index (χ2n) is 6.67. The number of carboxylic acid groups (broad SMARTS) is 1. The highest BCUT2D eigenvalue weighted by Crippen LogP contribution is 2.21. The van der Waals surface area contributed by atoms with E-state index >= 15 is 0 Å². The maximum absolute atomic E-state index is 11.9. The molecule has 0 aliphatic carbocycles. The fourth-order valence-corrected chi connectivity index (χ4v) is 3.21. The lowest BCUT2D eigenvalue weighted by atomic mass is 10.1. The lowest BCUT2D eigenvalue weighted by molar-refractivity contribution is -0.156. The fraction of sp³-hybridized carbons (Fsp3) is 0.647. The number of aliphatic carboxylic acids is 1. The molecule has 1 unspecified atom stereocenters. The van der Waals surface area contributed by atoms with E-state index in [2.05, 4.69) is 6.07 Å². The first kappa shape index (κ1) is 19.6. The predicted octanol–water partition coefficient (Wildman–Crippen LogP) is 3.15. The average molecular weight is 341 g/mol. The number of carboxylic acids is 1. The second-order valence-corrected chi connectivity index (χ2v) is 7.92. The SMILES string of the molecule is CC(C)(C)OC(=O)C(N)Cc1ccc(CCCCCC(=O)O)s1. The van der Waals surface area contributed by atoms with Crippen LogP contribution in [-0.2, 0) is 27.2 Å². The van der Waals surface area contributed by atoms with Gasteiger partial charge in [0.25, 0.3) is 0 Å². The first-order valence-electron chi connectivity index (χ1n) is 7.95. The number of nitrogens with two attached hydrogens (primary N) is 1. The minimum absolute atomic E-state index is 0.237. The minimum Gasteiger partial charge on any atom is -0.481 e. The summed E-state index contributed by atoms with van der Waals surface area (Å²) in [5, 5.41) is 8.58. The number of hydrogen-bond acceptors (Lipinski definition) is 5. The van der Waals surface area contributed by atoms with Gasteiger partial charge in [0.15, 0.2) is 0 Å². The van der Waals surface area contributed by atoms with Gasteiger partial charge in [-0.2, -0.15) is 0 Å². The molecule has 0 aromatic carbocycles. The highest BCUT2D eigenvalue weighted by Gasteiger charge is 2.22. The number of thiophene rings is 1.